The number of carbonyl (C=O) groups is 2. The number of aryl methyl sites for hydroxylation is 1. The molecule has 1 N–H and O–H groups in total. The predicted molar refractivity (Wildman–Crippen MR) is 113 cm³/mol. The maximum atomic E-state index is 13.0. The molecule has 2 amide bonds. The number of piperazine rings is 1. The van der Waals surface area contributed by atoms with Crippen molar-refractivity contribution < 1.29 is 22.7 Å². The molecule has 1 heterocycles. The molecular formula is C21H25N3O5S. The summed E-state index contributed by atoms with van der Waals surface area (Å²) in [6, 6.07) is 10.5. The Labute approximate surface area is 176 Å². The van der Waals surface area contributed by atoms with Crippen molar-refractivity contribution in [1.82, 2.24) is 9.80 Å². The number of anilines is 1. The Bertz CT molecular complexity index is 1070. The van der Waals surface area contributed by atoms with Gasteiger partial charge in [-0.25, -0.2) is 8.42 Å². The molecule has 3 rings (SSSR count). The third kappa shape index (κ3) is 4.25. The molecule has 0 bridgehead atoms. The van der Waals surface area contributed by atoms with Gasteiger partial charge in [0.25, 0.3) is 15.9 Å². The molecule has 1 fully saturated rings. The third-order valence-corrected chi connectivity index (χ3v) is 6.54. The SMILES string of the molecule is COc1ccc(C(=O)N2CCN(C)C(=O)C2C)cc1S(=O)(=O)Nc1ccc(C)cc1. The summed E-state index contributed by atoms with van der Waals surface area (Å²) < 4.78 is 33.7. The van der Waals surface area contributed by atoms with Gasteiger partial charge in [0, 0.05) is 31.4 Å². The highest BCUT2D eigenvalue weighted by molar-refractivity contribution is 7.92. The lowest BCUT2D eigenvalue weighted by Gasteiger charge is -2.37. The van der Waals surface area contributed by atoms with Crippen LogP contribution in [0.2, 0.25) is 0 Å². The zero-order valence-electron chi connectivity index (χ0n) is 17.4. The number of nitrogens with zero attached hydrogens (tertiary/aromatic N) is 2. The van der Waals surface area contributed by atoms with Gasteiger partial charge < -0.3 is 14.5 Å². The number of hydrogen-bond donors (Lipinski definition) is 1. The molecular weight excluding hydrogens is 406 g/mol. The smallest absolute Gasteiger partial charge is 0.265 e. The van der Waals surface area contributed by atoms with Gasteiger partial charge in [-0.05, 0) is 44.2 Å². The lowest BCUT2D eigenvalue weighted by Crippen LogP contribution is -2.56. The zero-order chi connectivity index (χ0) is 22.1. The van der Waals surface area contributed by atoms with E-state index in [1.54, 1.807) is 43.1 Å². The van der Waals surface area contributed by atoms with Crippen molar-refractivity contribution in [3.05, 3.63) is 53.6 Å². The summed E-state index contributed by atoms with van der Waals surface area (Å²) in [5, 5.41) is 0. The molecule has 8 nitrogen and oxygen atoms in total. The second-order valence-electron chi connectivity index (χ2n) is 7.27. The van der Waals surface area contributed by atoms with E-state index in [9.17, 15) is 18.0 Å². The number of nitrogens with one attached hydrogen (secondary N) is 1. The summed E-state index contributed by atoms with van der Waals surface area (Å²) in [4.78, 5) is 28.1. The van der Waals surface area contributed by atoms with Gasteiger partial charge in [-0.15, -0.1) is 0 Å². The van der Waals surface area contributed by atoms with E-state index in [2.05, 4.69) is 4.72 Å². The first-order chi connectivity index (χ1) is 14.1. The summed E-state index contributed by atoms with van der Waals surface area (Å²) >= 11 is 0. The standard InChI is InChI=1S/C21H25N3O5S/c1-14-5-8-17(9-6-14)22-30(27,28)19-13-16(7-10-18(19)29-4)21(26)24-12-11-23(3)20(25)15(24)2/h5-10,13,15,22H,11-12H2,1-4H3. The predicted octanol–water partition coefficient (Wildman–Crippen LogP) is 2.11. The number of amides is 2. The summed E-state index contributed by atoms with van der Waals surface area (Å²) in [5.41, 5.74) is 1.57. The number of hydrogen-bond acceptors (Lipinski definition) is 5. The number of sulfonamides is 1. The fourth-order valence-corrected chi connectivity index (χ4v) is 4.56. The molecule has 30 heavy (non-hydrogen) atoms. The van der Waals surface area contributed by atoms with Crippen molar-refractivity contribution in [2.24, 2.45) is 0 Å². The lowest BCUT2D eigenvalue weighted by molar-refractivity contribution is -0.137. The fourth-order valence-electron chi connectivity index (χ4n) is 3.31. The molecule has 1 saturated heterocycles. The fraction of sp³-hybridized carbons (Fsp3) is 0.333. The van der Waals surface area contributed by atoms with Crippen LogP contribution < -0.4 is 9.46 Å². The van der Waals surface area contributed by atoms with E-state index in [4.69, 9.17) is 4.74 Å². The van der Waals surface area contributed by atoms with Gasteiger partial charge in [0.15, 0.2) is 0 Å². The van der Waals surface area contributed by atoms with Crippen LogP contribution in [0.4, 0.5) is 5.69 Å². The van der Waals surface area contributed by atoms with E-state index in [1.807, 2.05) is 6.92 Å². The number of likely N-dealkylation sites (N-methyl/N-ethyl adjacent to an activating group) is 1. The Morgan fingerprint density at radius 3 is 2.43 bits per heavy atom. The number of benzene rings is 2. The number of methoxy groups -OCH3 is 1. The van der Waals surface area contributed by atoms with Crippen LogP contribution in [0.1, 0.15) is 22.8 Å². The van der Waals surface area contributed by atoms with E-state index in [0.29, 0.717) is 18.8 Å². The average molecular weight is 432 g/mol. The Hall–Kier alpha value is -3.07. The minimum absolute atomic E-state index is 0.119. The molecule has 1 aliphatic rings. The topological polar surface area (TPSA) is 96.0 Å². The minimum atomic E-state index is -4.01. The van der Waals surface area contributed by atoms with Crippen LogP contribution in [0.15, 0.2) is 47.4 Å². The van der Waals surface area contributed by atoms with Crippen LogP contribution in [-0.2, 0) is 14.8 Å². The highest BCUT2D eigenvalue weighted by Gasteiger charge is 2.33. The quantitative estimate of drug-likeness (QED) is 0.782. The molecule has 0 saturated carbocycles. The Balaban J connectivity index is 1.94. The highest BCUT2D eigenvalue weighted by atomic mass is 32.2. The van der Waals surface area contributed by atoms with Gasteiger partial charge in [-0.1, -0.05) is 17.7 Å². The van der Waals surface area contributed by atoms with Crippen molar-refractivity contribution in [2.75, 3.05) is 32.0 Å². The largest absolute Gasteiger partial charge is 0.495 e. The van der Waals surface area contributed by atoms with Crippen molar-refractivity contribution in [2.45, 2.75) is 24.8 Å². The van der Waals surface area contributed by atoms with Crippen LogP contribution in [0.25, 0.3) is 0 Å². The van der Waals surface area contributed by atoms with E-state index in [1.165, 1.54) is 30.2 Å². The molecule has 2 aromatic rings. The Morgan fingerprint density at radius 1 is 1.13 bits per heavy atom. The maximum Gasteiger partial charge on any atom is 0.265 e. The van der Waals surface area contributed by atoms with Crippen molar-refractivity contribution >= 4 is 27.5 Å². The molecule has 0 spiro atoms. The molecule has 1 aliphatic heterocycles. The van der Waals surface area contributed by atoms with Gasteiger partial charge in [0.2, 0.25) is 5.91 Å². The number of carbonyl (C=O) groups excluding carboxylic acids is 2. The monoisotopic (exact) mass is 431 g/mol. The molecule has 0 aromatic heterocycles. The summed E-state index contributed by atoms with van der Waals surface area (Å²) in [6.45, 7) is 4.36. The summed E-state index contributed by atoms with van der Waals surface area (Å²) in [7, 11) is -0.956. The van der Waals surface area contributed by atoms with E-state index >= 15 is 0 Å². The molecule has 1 atom stereocenters. The van der Waals surface area contributed by atoms with Gasteiger partial charge in [0.05, 0.1) is 7.11 Å². The lowest BCUT2D eigenvalue weighted by atomic mass is 10.1. The van der Waals surface area contributed by atoms with Gasteiger partial charge in [-0.3, -0.25) is 14.3 Å². The Kier molecular flexibility index (Phi) is 6.02. The first kappa shape index (κ1) is 21.6. The summed E-state index contributed by atoms with van der Waals surface area (Å²) in [5.74, 6) is -0.441. The maximum absolute atomic E-state index is 13.0. The van der Waals surface area contributed by atoms with Gasteiger partial charge in [0.1, 0.15) is 16.7 Å². The van der Waals surface area contributed by atoms with Crippen LogP contribution in [0.5, 0.6) is 5.75 Å². The van der Waals surface area contributed by atoms with E-state index < -0.39 is 22.0 Å². The van der Waals surface area contributed by atoms with E-state index in [-0.39, 0.29) is 22.1 Å². The number of ether oxygens (including phenoxy) is 1. The minimum Gasteiger partial charge on any atom is -0.495 e. The zero-order valence-corrected chi connectivity index (χ0v) is 18.2. The van der Waals surface area contributed by atoms with Crippen molar-refractivity contribution in [3.63, 3.8) is 0 Å². The normalized spacial score (nSPS) is 17.1. The first-order valence-electron chi connectivity index (χ1n) is 9.47. The van der Waals surface area contributed by atoms with E-state index in [0.717, 1.165) is 5.56 Å². The second kappa shape index (κ2) is 8.35. The van der Waals surface area contributed by atoms with Gasteiger partial charge in [-0.2, -0.15) is 0 Å². The average Bonchev–Trinajstić information content (AvgIpc) is 2.72. The molecule has 2 aromatic carbocycles. The van der Waals surface area contributed by atoms with Crippen LogP contribution >= 0.6 is 0 Å². The third-order valence-electron chi connectivity index (χ3n) is 5.14. The van der Waals surface area contributed by atoms with Crippen molar-refractivity contribution in [1.29, 1.82) is 0 Å². The highest BCUT2D eigenvalue weighted by Crippen LogP contribution is 2.28. The van der Waals surface area contributed by atoms with Crippen LogP contribution in [-0.4, -0.2) is 63.3 Å². The van der Waals surface area contributed by atoms with Crippen LogP contribution in [0, 0.1) is 6.92 Å². The number of rotatable bonds is 5. The second-order valence-corrected chi connectivity index (χ2v) is 8.92. The van der Waals surface area contributed by atoms with Crippen LogP contribution in [0.3, 0.4) is 0 Å². The Morgan fingerprint density at radius 2 is 1.80 bits per heavy atom. The molecule has 9 heteroatoms. The summed E-state index contributed by atoms with van der Waals surface area (Å²) in [6.07, 6.45) is 0. The van der Waals surface area contributed by atoms with Crippen molar-refractivity contribution in [3.8, 4) is 5.75 Å². The molecule has 0 radical (unpaired) electrons. The first-order valence-corrected chi connectivity index (χ1v) is 11.0. The molecule has 160 valence electrons. The molecule has 1 unspecified atom stereocenters. The van der Waals surface area contributed by atoms with Gasteiger partial charge >= 0.3 is 0 Å². The molecule has 0 aliphatic carbocycles.